The average molecular weight is 315 g/mol. The fourth-order valence-electron chi connectivity index (χ4n) is 1.00. The molecule has 0 amide bonds. The zero-order valence-corrected chi connectivity index (χ0v) is 10.6. The van der Waals surface area contributed by atoms with Gasteiger partial charge in [-0.25, -0.2) is 9.18 Å². The van der Waals surface area contributed by atoms with E-state index in [0.717, 1.165) is 7.11 Å². The van der Waals surface area contributed by atoms with Crippen LogP contribution in [0, 0.1) is 0 Å². The van der Waals surface area contributed by atoms with E-state index in [4.69, 9.17) is 5.11 Å². The molecule has 0 aliphatic rings. The Bertz CT molecular complexity index is 285. The van der Waals surface area contributed by atoms with Crippen LogP contribution in [0.1, 0.15) is 12.8 Å². The summed E-state index contributed by atoms with van der Waals surface area (Å²) in [5.74, 6) is -1.08. The van der Waals surface area contributed by atoms with Gasteiger partial charge in [0.15, 0.2) is 18.6 Å². The van der Waals surface area contributed by atoms with Crippen LogP contribution in [-0.4, -0.2) is 47.7 Å². The van der Waals surface area contributed by atoms with Crippen LogP contribution in [0.4, 0.5) is 9.18 Å². The first kappa shape index (κ1) is 15.8. The summed E-state index contributed by atoms with van der Waals surface area (Å²) in [5.41, 5.74) is 0. The molecule has 0 aromatic rings. The van der Waals surface area contributed by atoms with E-state index in [1.807, 2.05) is 0 Å². The van der Waals surface area contributed by atoms with E-state index in [9.17, 15) is 18.8 Å². The maximum Gasteiger partial charge on any atom is 0.508 e. The van der Waals surface area contributed by atoms with Crippen molar-refractivity contribution in [2.75, 3.05) is 7.11 Å². The predicted octanol–water partition coefficient (Wildman–Crippen LogP) is 1.30. The van der Waals surface area contributed by atoms with Crippen LogP contribution in [0.3, 0.4) is 0 Å². The van der Waals surface area contributed by atoms with Crippen molar-refractivity contribution in [2.24, 2.45) is 0 Å². The summed E-state index contributed by atoms with van der Waals surface area (Å²) in [5, 5.41) is 8.45. The number of halogens is 2. The molecule has 0 aliphatic carbocycles. The number of aldehydes is 1. The largest absolute Gasteiger partial charge is 0.508 e. The maximum atomic E-state index is 13.2. The molecule has 0 aromatic heterocycles. The third-order valence-electron chi connectivity index (χ3n) is 1.83. The van der Waals surface area contributed by atoms with Crippen molar-refractivity contribution < 1.29 is 33.4 Å². The molecule has 0 saturated carbocycles. The molecule has 6 nitrogen and oxygen atoms in total. The molecule has 0 radical (unpaired) electrons. The minimum absolute atomic E-state index is 0.00521. The van der Waals surface area contributed by atoms with Crippen molar-refractivity contribution in [2.45, 2.75) is 29.9 Å². The highest BCUT2D eigenvalue weighted by Crippen LogP contribution is 2.20. The Morgan fingerprint density at radius 3 is 2.53 bits per heavy atom. The van der Waals surface area contributed by atoms with Gasteiger partial charge in [-0.15, -0.1) is 0 Å². The first-order valence-electron chi connectivity index (χ1n) is 4.62. The van der Waals surface area contributed by atoms with E-state index in [1.165, 1.54) is 0 Å². The first-order valence-corrected chi connectivity index (χ1v) is 5.53. The molecule has 17 heavy (non-hydrogen) atoms. The molecule has 0 heterocycles. The lowest BCUT2D eigenvalue weighted by Gasteiger charge is -2.22. The van der Waals surface area contributed by atoms with Crippen molar-refractivity contribution in [3.8, 4) is 0 Å². The first-order chi connectivity index (χ1) is 7.92. The van der Waals surface area contributed by atoms with Gasteiger partial charge in [0.2, 0.25) is 0 Å². The second-order valence-corrected chi connectivity index (χ2v) is 4.24. The van der Waals surface area contributed by atoms with Gasteiger partial charge < -0.3 is 14.6 Å². The van der Waals surface area contributed by atoms with Crippen molar-refractivity contribution in [3.63, 3.8) is 0 Å². The van der Waals surface area contributed by atoms with Crippen molar-refractivity contribution in [3.05, 3.63) is 0 Å². The molecule has 1 N–H and O–H groups in total. The number of alkyl halides is 2. The number of carboxylic acids is 1. The Hall–Kier alpha value is -1.18. The van der Waals surface area contributed by atoms with Gasteiger partial charge in [0.05, 0.1) is 11.9 Å². The fourth-order valence-corrected chi connectivity index (χ4v) is 1.63. The van der Waals surface area contributed by atoms with E-state index in [1.54, 1.807) is 0 Å². The lowest BCUT2D eigenvalue weighted by atomic mass is 10.1. The molecule has 98 valence electrons. The van der Waals surface area contributed by atoms with Gasteiger partial charge in [0, 0.05) is 6.42 Å². The van der Waals surface area contributed by atoms with Crippen LogP contribution in [-0.2, 0) is 19.1 Å². The highest BCUT2D eigenvalue weighted by molar-refractivity contribution is 9.09. The van der Waals surface area contributed by atoms with Gasteiger partial charge in [-0.2, -0.15) is 0 Å². The van der Waals surface area contributed by atoms with E-state index in [2.05, 4.69) is 25.4 Å². The highest BCUT2D eigenvalue weighted by atomic mass is 79.9. The monoisotopic (exact) mass is 314 g/mol. The Morgan fingerprint density at radius 1 is 1.53 bits per heavy atom. The van der Waals surface area contributed by atoms with Crippen molar-refractivity contribution in [1.82, 2.24) is 0 Å². The van der Waals surface area contributed by atoms with E-state index < -0.39 is 29.2 Å². The van der Waals surface area contributed by atoms with E-state index >= 15 is 0 Å². The zero-order chi connectivity index (χ0) is 13.4. The Morgan fingerprint density at radius 2 is 2.12 bits per heavy atom. The minimum atomic E-state index is -2.05. The number of rotatable bonds is 7. The summed E-state index contributed by atoms with van der Waals surface area (Å²) in [6.45, 7) is 0. The minimum Gasteiger partial charge on any atom is -0.481 e. The number of carbonyl (C=O) groups is 3. The van der Waals surface area contributed by atoms with Crippen LogP contribution < -0.4 is 0 Å². The van der Waals surface area contributed by atoms with Gasteiger partial charge in [0.1, 0.15) is 0 Å². The highest BCUT2D eigenvalue weighted by Gasteiger charge is 2.32. The molecule has 0 rings (SSSR count). The second-order valence-electron chi connectivity index (χ2n) is 3.07. The normalized spacial score (nSPS) is 15.5. The lowest BCUT2D eigenvalue weighted by Crippen LogP contribution is -2.37. The second kappa shape index (κ2) is 7.99. The van der Waals surface area contributed by atoms with E-state index in [0.29, 0.717) is 0 Å². The molecule has 0 unspecified atom stereocenters. The molecule has 0 fully saturated rings. The quantitative estimate of drug-likeness (QED) is 0.433. The summed E-state index contributed by atoms with van der Waals surface area (Å²) >= 11 is 2.98. The molecule has 0 aromatic carbocycles. The van der Waals surface area contributed by atoms with Gasteiger partial charge in [-0.1, -0.05) is 15.9 Å². The topological polar surface area (TPSA) is 89.9 Å². The Labute approximate surface area is 105 Å². The van der Waals surface area contributed by atoms with Gasteiger partial charge in [0.25, 0.3) is 0 Å². The maximum absolute atomic E-state index is 13.2. The van der Waals surface area contributed by atoms with Crippen LogP contribution in [0.25, 0.3) is 0 Å². The van der Waals surface area contributed by atoms with Gasteiger partial charge in [-0.3, -0.25) is 9.59 Å². The Kier molecular flexibility index (Phi) is 7.44. The molecule has 0 spiro atoms. The van der Waals surface area contributed by atoms with Crippen LogP contribution in [0.15, 0.2) is 0 Å². The summed E-state index contributed by atoms with van der Waals surface area (Å²) in [4.78, 5) is 30.7. The van der Waals surface area contributed by atoms with Crippen molar-refractivity contribution in [1.29, 1.82) is 0 Å². The van der Waals surface area contributed by atoms with Crippen LogP contribution >= 0.6 is 15.9 Å². The fraction of sp³-hybridized carbons (Fsp3) is 0.667. The number of aliphatic carboxylic acids is 1. The van der Waals surface area contributed by atoms with Gasteiger partial charge >= 0.3 is 12.1 Å². The Balaban J connectivity index is 4.49. The van der Waals surface area contributed by atoms with Crippen LogP contribution in [0.5, 0.6) is 0 Å². The number of hydrogen-bond donors (Lipinski definition) is 1. The SMILES string of the molecule is COC(=O)O[C@@H]([C@H](F)C=O)[C@@H](Br)CCC(=O)O. The summed E-state index contributed by atoms with van der Waals surface area (Å²) in [7, 11) is 1.04. The zero-order valence-electron chi connectivity index (χ0n) is 8.97. The lowest BCUT2D eigenvalue weighted by molar-refractivity contribution is -0.137. The van der Waals surface area contributed by atoms with Crippen LogP contribution in [0.2, 0.25) is 0 Å². The molecular formula is C9H12BrFO6. The standard InChI is InChI=1S/C9H12BrFO6/c1-16-9(15)17-8(6(11)4-12)5(10)2-3-7(13)14/h4-6,8H,2-3H2,1H3,(H,13,14)/t5-,6+,8+/m0/s1. The molecule has 0 saturated heterocycles. The predicted molar refractivity (Wildman–Crippen MR) is 57.8 cm³/mol. The average Bonchev–Trinajstić information content (AvgIpc) is 2.31. The number of hydrogen-bond acceptors (Lipinski definition) is 5. The molecule has 8 heteroatoms. The molecule has 0 aliphatic heterocycles. The molecule has 3 atom stereocenters. The summed E-state index contributed by atoms with van der Waals surface area (Å²) in [6.07, 6.45) is -4.87. The van der Waals surface area contributed by atoms with Gasteiger partial charge in [-0.05, 0) is 6.42 Å². The number of carbonyl (C=O) groups excluding carboxylic acids is 2. The molecular weight excluding hydrogens is 303 g/mol. The summed E-state index contributed by atoms with van der Waals surface area (Å²) < 4.78 is 21.9. The number of methoxy groups -OCH3 is 1. The number of carboxylic acid groups (broad SMARTS) is 1. The third-order valence-corrected chi connectivity index (χ3v) is 2.81. The third kappa shape index (κ3) is 6.20. The van der Waals surface area contributed by atoms with Crippen molar-refractivity contribution >= 4 is 34.3 Å². The smallest absolute Gasteiger partial charge is 0.481 e. The van der Waals surface area contributed by atoms with E-state index in [-0.39, 0.29) is 19.1 Å². The number of ether oxygens (including phenoxy) is 2. The molecule has 0 bridgehead atoms. The summed E-state index contributed by atoms with van der Waals surface area (Å²) in [6, 6.07) is 0.